The smallest absolute Gasteiger partial charge is 0.286 e. The van der Waals surface area contributed by atoms with Crippen LogP contribution >= 0.6 is 11.6 Å². The van der Waals surface area contributed by atoms with Crippen LogP contribution in [-0.4, -0.2) is 64.7 Å². The van der Waals surface area contributed by atoms with Crippen LogP contribution in [0.15, 0.2) is 71.5 Å². The molecule has 12 heteroatoms. The van der Waals surface area contributed by atoms with Gasteiger partial charge < -0.3 is 14.4 Å². The molecule has 3 aliphatic rings. The second-order valence-electron chi connectivity index (χ2n) is 13.7. The fourth-order valence-corrected chi connectivity index (χ4v) is 9.46. The summed E-state index contributed by atoms with van der Waals surface area (Å²) in [4.78, 5) is 37.4. The van der Waals surface area contributed by atoms with Gasteiger partial charge in [0.2, 0.25) is 5.91 Å². The van der Waals surface area contributed by atoms with E-state index in [1.807, 2.05) is 24.3 Å². The van der Waals surface area contributed by atoms with Gasteiger partial charge in [0.1, 0.15) is 15.7 Å². The normalized spacial score (nSPS) is 27.7. The van der Waals surface area contributed by atoms with Crippen molar-refractivity contribution in [1.82, 2.24) is 14.7 Å². The Morgan fingerprint density at radius 3 is 2.84 bits per heavy atom. The molecule has 2 aliphatic heterocycles. The SMILES string of the molecule is CC[C@H]1CN2C[C@@]3(CCCc4cc(Cl)ccc43)COc3ccc(cc32)C(=O)N=S(=O)(NC(=O)Cc2cnccn2)CCC/C=C/[C@H](OC)[C@@H]1C. The van der Waals surface area contributed by atoms with E-state index in [9.17, 15) is 13.8 Å². The molecule has 5 atom stereocenters. The van der Waals surface area contributed by atoms with E-state index in [-0.39, 0.29) is 41.1 Å². The van der Waals surface area contributed by atoms with Crippen LogP contribution < -0.4 is 14.4 Å². The fraction of sp³-hybridized carbons (Fsp3) is 0.474. The third-order valence-electron chi connectivity index (χ3n) is 10.4. The summed E-state index contributed by atoms with van der Waals surface area (Å²) in [5.41, 5.74) is 3.73. The molecule has 1 aliphatic carbocycles. The lowest BCUT2D eigenvalue weighted by atomic mass is 9.70. The van der Waals surface area contributed by atoms with Crippen LogP contribution in [0.4, 0.5) is 5.69 Å². The maximum absolute atomic E-state index is 14.2. The van der Waals surface area contributed by atoms with E-state index >= 15 is 0 Å². The molecule has 2 bridgehead atoms. The average Bonchev–Trinajstić information content (AvgIpc) is 3.25. The highest BCUT2D eigenvalue weighted by molar-refractivity contribution is 7.92. The first-order chi connectivity index (χ1) is 24.1. The predicted molar refractivity (Wildman–Crippen MR) is 196 cm³/mol. The van der Waals surface area contributed by atoms with E-state index in [2.05, 4.69) is 56.0 Å². The molecule has 1 N–H and O–H groups in total. The minimum Gasteiger partial charge on any atom is -0.490 e. The van der Waals surface area contributed by atoms with Crippen LogP contribution in [0.2, 0.25) is 5.02 Å². The van der Waals surface area contributed by atoms with Crippen LogP contribution in [0.3, 0.4) is 0 Å². The van der Waals surface area contributed by atoms with Crippen LogP contribution in [-0.2, 0) is 37.7 Å². The van der Waals surface area contributed by atoms with Gasteiger partial charge in [0.15, 0.2) is 0 Å². The van der Waals surface area contributed by atoms with Crippen molar-refractivity contribution in [1.29, 1.82) is 0 Å². The van der Waals surface area contributed by atoms with Gasteiger partial charge >= 0.3 is 0 Å². The number of benzene rings is 2. The summed E-state index contributed by atoms with van der Waals surface area (Å²) in [6, 6.07) is 11.5. The first kappa shape index (κ1) is 36.0. The molecule has 3 heterocycles. The number of aromatic nitrogens is 2. The van der Waals surface area contributed by atoms with Crippen LogP contribution in [0.1, 0.15) is 73.1 Å². The van der Waals surface area contributed by atoms with Crippen molar-refractivity contribution in [3.63, 3.8) is 0 Å². The van der Waals surface area contributed by atoms with E-state index in [0.29, 0.717) is 37.4 Å². The zero-order chi connectivity index (χ0) is 35.3. The molecule has 1 spiro atoms. The predicted octanol–water partition coefficient (Wildman–Crippen LogP) is 6.51. The molecule has 10 nitrogen and oxygen atoms in total. The second kappa shape index (κ2) is 15.6. The van der Waals surface area contributed by atoms with Gasteiger partial charge in [-0.1, -0.05) is 50.1 Å². The number of carbonyl (C=O) groups excluding carboxylic acids is 2. The van der Waals surface area contributed by atoms with Crippen molar-refractivity contribution < 1.29 is 23.3 Å². The number of hydrogen-bond donors (Lipinski definition) is 1. The van der Waals surface area contributed by atoms with Crippen molar-refractivity contribution in [2.75, 3.05) is 37.5 Å². The van der Waals surface area contributed by atoms with Crippen LogP contribution in [0, 0.1) is 11.8 Å². The Labute approximate surface area is 300 Å². The first-order valence-electron chi connectivity index (χ1n) is 17.5. The molecular weight excluding hydrogens is 674 g/mol. The molecule has 1 unspecified atom stereocenters. The number of nitrogens with zero attached hydrogens (tertiary/aromatic N) is 4. The van der Waals surface area contributed by atoms with Crippen molar-refractivity contribution in [2.45, 2.75) is 70.3 Å². The topological polar surface area (TPSA) is 123 Å². The molecule has 3 aromatic rings. The molecule has 2 amide bonds. The van der Waals surface area contributed by atoms with Crippen molar-refractivity contribution >= 4 is 39.0 Å². The number of anilines is 1. The van der Waals surface area contributed by atoms with Gasteiger partial charge in [-0.25, -0.2) is 4.21 Å². The monoisotopic (exact) mass is 719 g/mol. The molecule has 266 valence electrons. The number of fused-ring (bicyclic) bond motifs is 3. The molecular formula is C38H46ClN5O5S. The van der Waals surface area contributed by atoms with Gasteiger partial charge in [0.25, 0.3) is 5.91 Å². The number of carbonyl (C=O) groups is 2. The van der Waals surface area contributed by atoms with Crippen molar-refractivity contribution in [3.8, 4) is 5.75 Å². The Balaban J connectivity index is 1.41. The maximum atomic E-state index is 14.2. The lowest BCUT2D eigenvalue weighted by Crippen LogP contribution is -2.47. The average molecular weight is 720 g/mol. The van der Waals surface area contributed by atoms with E-state index in [1.165, 1.54) is 29.7 Å². The zero-order valence-electron chi connectivity index (χ0n) is 29.0. The first-order valence-corrected chi connectivity index (χ1v) is 19.5. The number of amides is 2. The van der Waals surface area contributed by atoms with Crippen LogP contribution in [0.25, 0.3) is 0 Å². The Kier molecular flexibility index (Phi) is 11.2. The second-order valence-corrected chi connectivity index (χ2v) is 16.2. The van der Waals surface area contributed by atoms with E-state index in [1.54, 1.807) is 13.2 Å². The van der Waals surface area contributed by atoms with Gasteiger partial charge in [-0.2, -0.15) is 0 Å². The maximum Gasteiger partial charge on any atom is 0.286 e. The van der Waals surface area contributed by atoms with Gasteiger partial charge in [-0.15, -0.1) is 4.36 Å². The number of hydrogen-bond acceptors (Lipinski definition) is 8. The summed E-state index contributed by atoms with van der Waals surface area (Å²) in [5, 5.41) is 0.732. The standard InChI is InChI=1S/C38H46ClN5O5S/c1-4-27-23-44-24-38(15-8-9-28-19-30(39)12-13-32(28)38)25-49-35-14-11-29(20-33(35)44)37(46)43-50(47,18-7-5-6-10-34(48-3)26(27)2)42-36(45)21-31-22-40-16-17-41-31/h6,10-14,16-17,19-20,22,26-27,34H,4-5,7-9,15,18,21,23-25H2,1-3H3,(H,42,43,45,46,47)/b10-6+/t26-,27+,34+,38+,50?/m1/s1. The molecule has 2 aromatic carbocycles. The summed E-state index contributed by atoms with van der Waals surface area (Å²) < 4.78 is 33.7. The highest BCUT2D eigenvalue weighted by Gasteiger charge is 2.42. The number of rotatable bonds is 5. The summed E-state index contributed by atoms with van der Waals surface area (Å²) in [5.74, 6) is -0.0648. The lowest BCUT2D eigenvalue weighted by molar-refractivity contribution is -0.118. The summed E-state index contributed by atoms with van der Waals surface area (Å²) in [6.07, 6.45) is 13.2. The summed E-state index contributed by atoms with van der Waals surface area (Å²) in [6.45, 7) is 6.35. The molecule has 6 rings (SSSR count). The van der Waals surface area contributed by atoms with Crippen molar-refractivity contribution in [2.24, 2.45) is 16.2 Å². The van der Waals surface area contributed by atoms with E-state index in [4.69, 9.17) is 21.1 Å². The minimum atomic E-state index is -3.47. The van der Waals surface area contributed by atoms with Crippen LogP contribution in [0.5, 0.6) is 5.75 Å². The molecule has 0 saturated carbocycles. The number of halogens is 1. The molecule has 0 saturated heterocycles. The quantitative estimate of drug-likeness (QED) is 0.296. The largest absolute Gasteiger partial charge is 0.490 e. The Hall–Kier alpha value is -3.80. The summed E-state index contributed by atoms with van der Waals surface area (Å²) in [7, 11) is -1.73. The fourth-order valence-electron chi connectivity index (χ4n) is 7.67. The minimum absolute atomic E-state index is 0.00615. The van der Waals surface area contributed by atoms with E-state index < -0.39 is 21.7 Å². The van der Waals surface area contributed by atoms with Gasteiger partial charge in [0, 0.05) is 54.8 Å². The highest BCUT2D eigenvalue weighted by Crippen LogP contribution is 2.45. The number of allylic oxidation sites excluding steroid dienone is 1. The van der Waals surface area contributed by atoms with E-state index in [0.717, 1.165) is 42.9 Å². The molecule has 1 aromatic heterocycles. The molecule has 0 radical (unpaired) electrons. The van der Waals surface area contributed by atoms with Gasteiger partial charge in [0.05, 0.1) is 36.3 Å². The summed E-state index contributed by atoms with van der Waals surface area (Å²) >= 11 is 6.45. The number of aryl methyl sites for hydroxylation is 1. The Morgan fingerprint density at radius 2 is 2.06 bits per heavy atom. The Bertz CT molecular complexity index is 1860. The molecule has 50 heavy (non-hydrogen) atoms. The number of methoxy groups -OCH3 is 1. The third kappa shape index (κ3) is 8.05. The molecule has 0 fully saturated rings. The van der Waals surface area contributed by atoms with Crippen molar-refractivity contribution in [3.05, 3.63) is 94.5 Å². The highest BCUT2D eigenvalue weighted by atomic mass is 35.5. The van der Waals surface area contributed by atoms with Gasteiger partial charge in [-0.3, -0.25) is 24.3 Å². The number of ether oxygens (including phenoxy) is 2. The third-order valence-corrected chi connectivity index (χ3v) is 12.5. The number of nitrogens with one attached hydrogen (secondary N) is 1. The Morgan fingerprint density at radius 1 is 1.20 bits per heavy atom. The lowest BCUT2D eigenvalue weighted by Gasteiger charge is -2.42. The van der Waals surface area contributed by atoms with Gasteiger partial charge in [-0.05, 0) is 85.4 Å². The zero-order valence-corrected chi connectivity index (χ0v) is 30.5.